The summed E-state index contributed by atoms with van der Waals surface area (Å²) in [5.41, 5.74) is 10.2. The fourth-order valence-electron chi connectivity index (χ4n) is 5.04. The predicted molar refractivity (Wildman–Crippen MR) is 118 cm³/mol. The van der Waals surface area contributed by atoms with Gasteiger partial charge in [0.2, 0.25) is 5.91 Å². The molecule has 7 heteroatoms. The summed E-state index contributed by atoms with van der Waals surface area (Å²) >= 11 is 0. The van der Waals surface area contributed by atoms with Crippen LogP contribution in [0.25, 0.3) is 0 Å². The summed E-state index contributed by atoms with van der Waals surface area (Å²) in [7, 11) is 0. The van der Waals surface area contributed by atoms with Crippen molar-refractivity contribution < 1.29 is 19.7 Å². The van der Waals surface area contributed by atoms with Gasteiger partial charge >= 0.3 is 0 Å². The molecule has 0 spiro atoms. The third-order valence-electron chi connectivity index (χ3n) is 6.27. The second kappa shape index (κ2) is 8.86. The zero-order valence-electron chi connectivity index (χ0n) is 18.3. The molecule has 2 saturated heterocycles. The Bertz CT molecular complexity index is 923. The standard InChI is InChI=1S/C24H31N3O4/c1-4-11-31-17-7-5-16(6-8-17)23-20-21(19-15(3)12-14(2)13-18(19)29)25-26-22(20)24(30)27(23)9-10-28/h5-8,12-13,20-23,25-26,28-29H,4,9-11H2,1-3H3. The fourth-order valence-corrected chi connectivity index (χ4v) is 5.04. The lowest BCUT2D eigenvalue weighted by Crippen LogP contribution is -2.42. The van der Waals surface area contributed by atoms with Crippen LogP contribution >= 0.6 is 0 Å². The van der Waals surface area contributed by atoms with E-state index in [0.29, 0.717) is 6.61 Å². The van der Waals surface area contributed by atoms with Gasteiger partial charge in [-0.1, -0.05) is 25.1 Å². The number of carbonyl (C=O) groups excluding carboxylic acids is 1. The highest BCUT2D eigenvalue weighted by Crippen LogP contribution is 2.49. The van der Waals surface area contributed by atoms with Crippen molar-refractivity contribution in [1.82, 2.24) is 15.8 Å². The maximum atomic E-state index is 13.2. The van der Waals surface area contributed by atoms with E-state index in [1.54, 1.807) is 11.0 Å². The summed E-state index contributed by atoms with van der Waals surface area (Å²) in [5.74, 6) is 0.836. The first kappa shape index (κ1) is 21.6. The maximum Gasteiger partial charge on any atom is 0.242 e. The van der Waals surface area contributed by atoms with Gasteiger partial charge in [-0.15, -0.1) is 0 Å². The molecule has 2 aromatic carbocycles. The highest BCUT2D eigenvalue weighted by Gasteiger charge is 2.55. The predicted octanol–water partition coefficient (Wildman–Crippen LogP) is 2.51. The molecule has 0 bridgehead atoms. The van der Waals surface area contributed by atoms with Crippen molar-refractivity contribution in [2.75, 3.05) is 19.8 Å². The number of likely N-dealkylation sites (tertiary alicyclic amines) is 1. The molecule has 4 rings (SSSR count). The van der Waals surface area contributed by atoms with Crippen LogP contribution in [0, 0.1) is 19.8 Å². The smallest absolute Gasteiger partial charge is 0.242 e. The lowest BCUT2D eigenvalue weighted by molar-refractivity contribution is -0.131. The van der Waals surface area contributed by atoms with Crippen LogP contribution in [0.5, 0.6) is 11.5 Å². The van der Waals surface area contributed by atoms with Crippen LogP contribution in [0.4, 0.5) is 0 Å². The highest BCUT2D eigenvalue weighted by atomic mass is 16.5. The quantitative estimate of drug-likeness (QED) is 0.545. The number of phenolic OH excluding ortho intramolecular Hbond substituents is 1. The molecule has 7 nitrogen and oxygen atoms in total. The Balaban J connectivity index is 1.73. The third kappa shape index (κ3) is 3.89. The van der Waals surface area contributed by atoms with E-state index in [9.17, 15) is 15.0 Å². The normalized spacial score (nSPS) is 25.2. The molecule has 1 amide bonds. The van der Waals surface area contributed by atoms with Crippen molar-refractivity contribution in [1.29, 1.82) is 0 Å². The number of aliphatic hydroxyl groups is 1. The van der Waals surface area contributed by atoms with Gasteiger partial charge < -0.3 is 19.8 Å². The van der Waals surface area contributed by atoms with Crippen LogP contribution in [0.2, 0.25) is 0 Å². The number of aromatic hydroxyl groups is 1. The van der Waals surface area contributed by atoms with Gasteiger partial charge in [-0.05, 0) is 55.2 Å². The lowest BCUT2D eigenvalue weighted by Gasteiger charge is -2.31. The molecule has 0 radical (unpaired) electrons. The van der Waals surface area contributed by atoms with E-state index in [4.69, 9.17) is 4.74 Å². The van der Waals surface area contributed by atoms with E-state index < -0.39 is 6.04 Å². The molecule has 2 heterocycles. The van der Waals surface area contributed by atoms with Crippen LogP contribution in [0.3, 0.4) is 0 Å². The number of amides is 1. The molecule has 0 aromatic heterocycles. The van der Waals surface area contributed by atoms with Gasteiger partial charge in [0.05, 0.1) is 25.3 Å². The second-order valence-electron chi connectivity index (χ2n) is 8.45. The minimum absolute atomic E-state index is 0.0467. The Morgan fingerprint density at radius 3 is 2.45 bits per heavy atom. The Labute approximate surface area is 183 Å². The van der Waals surface area contributed by atoms with Crippen molar-refractivity contribution in [2.45, 2.75) is 45.3 Å². The van der Waals surface area contributed by atoms with Crippen LogP contribution in [-0.4, -0.2) is 46.8 Å². The first-order valence-corrected chi connectivity index (χ1v) is 10.9. The van der Waals surface area contributed by atoms with E-state index in [-0.39, 0.29) is 42.8 Å². The van der Waals surface area contributed by atoms with Gasteiger partial charge in [0.1, 0.15) is 17.5 Å². The van der Waals surface area contributed by atoms with Crippen molar-refractivity contribution in [3.63, 3.8) is 0 Å². The summed E-state index contributed by atoms with van der Waals surface area (Å²) in [6.07, 6.45) is 0.936. The Morgan fingerprint density at radius 1 is 1.10 bits per heavy atom. The largest absolute Gasteiger partial charge is 0.508 e. The number of aliphatic hydroxyl groups excluding tert-OH is 1. The van der Waals surface area contributed by atoms with Crippen molar-refractivity contribution in [3.8, 4) is 11.5 Å². The average Bonchev–Trinajstić information content (AvgIpc) is 3.26. The number of rotatable bonds is 7. The minimum Gasteiger partial charge on any atom is -0.508 e. The Morgan fingerprint density at radius 2 is 1.81 bits per heavy atom. The molecule has 2 aliphatic rings. The monoisotopic (exact) mass is 425 g/mol. The Hall–Kier alpha value is -2.61. The molecule has 31 heavy (non-hydrogen) atoms. The second-order valence-corrected chi connectivity index (χ2v) is 8.45. The van der Waals surface area contributed by atoms with Gasteiger partial charge in [-0.25, -0.2) is 10.9 Å². The molecular weight excluding hydrogens is 394 g/mol. The van der Waals surface area contributed by atoms with E-state index in [1.807, 2.05) is 44.2 Å². The van der Waals surface area contributed by atoms with E-state index in [2.05, 4.69) is 17.8 Å². The van der Waals surface area contributed by atoms with Crippen molar-refractivity contribution in [2.24, 2.45) is 5.92 Å². The molecular formula is C24H31N3O4. The van der Waals surface area contributed by atoms with Gasteiger partial charge in [0.25, 0.3) is 0 Å². The van der Waals surface area contributed by atoms with Gasteiger partial charge in [0.15, 0.2) is 0 Å². The number of ether oxygens (including phenoxy) is 1. The first-order chi connectivity index (χ1) is 15.0. The molecule has 166 valence electrons. The summed E-state index contributed by atoms with van der Waals surface area (Å²) < 4.78 is 5.71. The molecule has 0 aliphatic carbocycles. The van der Waals surface area contributed by atoms with Crippen LogP contribution in [-0.2, 0) is 4.79 Å². The van der Waals surface area contributed by atoms with Gasteiger partial charge in [0, 0.05) is 18.0 Å². The van der Waals surface area contributed by atoms with Crippen LogP contribution < -0.4 is 15.6 Å². The van der Waals surface area contributed by atoms with Gasteiger partial charge in [-0.2, -0.15) is 0 Å². The van der Waals surface area contributed by atoms with Crippen molar-refractivity contribution >= 4 is 5.91 Å². The average molecular weight is 426 g/mol. The zero-order valence-corrected chi connectivity index (χ0v) is 18.3. The summed E-state index contributed by atoms with van der Waals surface area (Å²) in [6, 6.07) is 10.7. The number of carbonyl (C=O) groups is 1. The molecule has 4 unspecified atom stereocenters. The van der Waals surface area contributed by atoms with E-state index >= 15 is 0 Å². The number of hydrazine groups is 1. The number of hydrogen-bond donors (Lipinski definition) is 4. The zero-order chi connectivity index (χ0) is 22.1. The number of nitrogens with zero attached hydrogens (tertiary/aromatic N) is 1. The van der Waals surface area contributed by atoms with E-state index in [1.165, 1.54) is 0 Å². The number of phenols is 1. The molecule has 2 aromatic rings. The number of benzene rings is 2. The number of hydrogen-bond acceptors (Lipinski definition) is 6. The van der Waals surface area contributed by atoms with Crippen LogP contribution in [0.1, 0.15) is 47.7 Å². The first-order valence-electron chi connectivity index (χ1n) is 10.9. The highest BCUT2D eigenvalue weighted by molar-refractivity contribution is 5.86. The molecule has 0 saturated carbocycles. The summed E-state index contributed by atoms with van der Waals surface area (Å²) in [4.78, 5) is 14.9. The summed E-state index contributed by atoms with van der Waals surface area (Å²) in [5, 5.41) is 20.4. The van der Waals surface area contributed by atoms with Crippen LogP contribution in [0.15, 0.2) is 36.4 Å². The number of aryl methyl sites for hydroxylation is 2. The SMILES string of the molecule is CCCOc1ccc(C2C3C(NNC3c3c(C)cc(C)cc3O)C(=O)N2CCO)cc1. The molecule has 2 aliphatic heterocycles. The number of β-amino-alcohol motifs (C(OH)–C–C–N with tert-alkyl or cyclic N) is 1. The van der Waals surface area contributed by atoms with Gasteiger partial charge in [-0.3, -0.25) is 4.79 Å². The summed E-state index contributed by atoms with van der Waals surface area (Å²) in [6.45, 7) is 6.81. The minimum atomic E-state index is -0.433. The number of fused-ring (bicyclic) bond motifs is 1. The maximum absolute atomic E-state index is 13.2. The molecule has 2 fully saturated rings. The third-order valence-corrected chi connectivity index (χ3v) is 6.27. The van der Waals surface area contributed by atoms with E-state index in [0.717, 1.165) is 34.4 Å². The molecule has 4 atom stereocenters. The lowest BCUT2D eigenvalue weighted by atomic mass is 9.81. The topological polar surface area (TPSA) is 94.1 Å². The Kier molecular flexibility index (Phi) is 6.18. The van der Waals surface area contributed by atoms with Crippen molar-refractivity contribution in [3.05, 3.63) is 58.7 Å². The molecule has 4 N–H and O–H groups in total. The number of nitrogens with one attached hydrogen (secondary N) is 2. The fraction of sp³-hybridized carbons (Fsp3) is 0.458.